The van der Waals surface area contributed by atoms with E-state index in [9.17, 15) is 0 Å². The first-order chi connectivity index (χ1) is 8.20. The topological polar surface area (TPSA) is 64.1 Å². The van der Waals surface area contributed by atoms with E-state index < -0.39 is 0 Å². The van der Waals surface area contributed by atoms with Crippen molar-refractivity contribution in [3.05, 3.63) is 35.7 Å². The summed E-state index contributed by atoms with van der Waals surface area (Å²) in [6.45, 7) is 5.96. The van der Waals surface area contributed by atoms with Crippen molar-refractivity contribution in [3.63, 3.8) is 0 Å². The van der Waals surface area contributed by atoms with E-state index in [0.29, 0.717) is 6.54 Å². The quantitative estimate of drug-likeness (QED) is 0.426. The van der Waals surface area contributed by atoms with Crippen molar-refractivity contribution < 1.29 is 0 Å². The molecule has 5 N–H and O–H groups in total. The summed E-state index contributed by atoms with van der Waals surface area (Å²) in [5.41, 5.74) is 13.5. The van der Waals surface area contributed by atoms with Crippen LogP contribution in [0.1, 0.15) is 39.5 Å². The Balaban J connectivity index is 3.61. The zero-order valence-corrected chi connectivity index (χ0v) is 11.2. The van der Waals surface area contributed by atoms with Crippen molar-refractivity contribution >= 4 is 0 Å². The van der Waals surface area contributed by atoms with E-state index in [0.717, 1.165) is 32.2 Å². The van der Waals surface area contributed by atoms with Gasteiger partial charge in [0.05, 0.1) is 0 Å². The normalized spacial score (nSPS) is 13.4. The van der Waals surface area contributed by atoms with Crippen LogP contribution in [0.4, 0.5) is 0 Å². The predicted octanol–water partition coefficient (Wildman–Crippen LogP) is 2.42. The van der Waals surface area contributed by atoms with E-state index >= 15 is 0 Å². The molecule has 0 fully saturated rings. The average Bonchev–Trinajstić information content (AvgIpc) is 2.29. The van der Waals surface area contributed by atoms with Crippen molar-refractivity contribution in [2.24, 2.45) is 11.5 Å². The zero-order chi connectivity index (χ0) is 12.9. The number of nitrogens with two attached hydrogens (primary N) is 2. The van der Waals surface area contributed by atoms with E-state index in [1.807, 2.05) is 0 Å². The van der Waals surface area contributed by atoms with Gasteiger partial charge in [-0.3, -0.25) is 0 Å². The summed E-state index contributed by atoms with van der Waals surface area (Å²) < 4.78 is 0. The van der Waals surface area contributed by atoms with Gasteiger partial charge in [-0.2, -0.15) is 0 Å². The molecule has 3 nitrogen and oxygen atoms in total. The second kappa shape index (κ2) is 11.3. The van der Waals surface area contributed by atoms with Gasteiger partial charge >= 0.3 is 0 Å². The highest BCUT2D eigenvalue weighted by Crippen LogP contribution is 2.09. The molecule has 0 amide bonds. The van der Waals surface area contributed by atoms with Gasteiger partial charge in [-0.15, -0.1) is 0 Å². The molecule has 0 aliphatic rings. The number of rotatable bonds is 9. The van der Waals surface area contributed by atoms with Gasteiger partial charge in [0.15, 0.2) is 0 Å². The molecule has 0 aliphatic heterocycles. The summed E-state index contributed by atoms with van der Waals surface area (Å²) in [7, 11) is 0. The Labute approximate surface area is 106 Å². The second-order valence-electron chi connectivity index (χ2n) is 4.29. The van der Waals surface area contributed by atoms with Gasteiger partial charge in [0, 0.05) is 25.5 Å². The lowest BCUT2D eigenvalue weighted by Crippen LogP contribution is -2.07. The standard InChI is InChI=1S/C14H27N3/c1-13(7-4-11-17-12-10-16)5-3-6-14(2)8-9-15/h5,8,10,12,17H,3-4,6-7,9,11,15-16H2,1-2H3/b12-10-,13-5+,14-8+. The van der Waals surface area contributed by atoms with Gasteiger partial charge in [-0.25, -0.2) is 0 Å². The van der Waals surface area contributed by atoms with Gasteiger partial charge in [0.2, 0.25) is 0 Å². The Morgan fingerprint density at radius 3 is 2.47 bits per heavy atom. The highest BCUT2D eigenvalue weighted by Gasteiger charge is 1.92. The third-order valence-corrected chi connectivity index (χ3v) is 2.60. The van der Waals surface area contributed by atoms with Crippen molar-refractivity contribution in [3.8, 4) is 0 Å². The molecular formula is C14H27N3. The average molecular weight is 237 g/mol. The molecule has 0 aromatic carbocycles. The van der Waals surface area contributed by atoms with Crippen LogP contribution in [0.25, 0.3) is 0 Å². The molecule has 0 radical (unpaired) electrons. The summed E-state index contributed by atoms with van der Waals surface area (Å²) in [4.78, 5) is 0. The maximum atomic E-state index is 5.45. The van der Waals surface area contributed by atoms with Crippen LogP contribution in [0.5, 0.6) is 0 Å². The van der Waals surface area contributed by atoms with Crippen LogP contribution in [0.15, 0.2) is 35.7 Å². The van der Waals surface area contributed by atoms with Crippen molar-refractivity contribution in [2.75, 3.05) is 13.1 Å². The maximum absolute atomic E-state index is 5.45. The van der Waals surface area contributed by atoms with Crippen LogP contribution in [-0.4, -0.2) is 13.1 Å². The molecule has 0 saturated heterocycles. The Hall–Kier alpha value is -1.22. The molecule has 0 unspecified atom stereocenters. The molecular weight excluding hydrogens is 210 g/mol. The first kappa shape index (κ1) is 15.8. The molecule has 0 heterocycles. The molecule has 17 heavy (non-hydrogen) atoms. The van der Waals surface area contributed by atoms with Crippen LogP contribution in [0, 0.1) is 0 Å². The first-order valence-electron chi connectivity index (χ1n) is 6.32. The Morgan fingerprint density at radius 1 is 1.12 bits per heavy atom. The van der Waals surface area contributed by atoms with E-state index in [1.165, 1.54) is 17.3 Å². The fourth-order valence-electron chi connectivity index (χ4n) is 1.57. The van der Waals surface area contributed by atoms with Crippen LogP contribution < -0.4 is 16.8 Å². The summed E-state index contributed by atoms with van der Waals surface area (Å²) >= 11 is 0. The van der Waals surface area contributed by atoms with E-state index in [4.69, 9.17) is 11.5 Å². The SMILES string of the molecule is C/C(=C\CN)CC/C=C(\C)CCCN/C=C\N. The summed E-state index contributed by atoms with van der Waals surface area (Å²) in [6, 6.07) is 0. The molecule has 0 aromatic heterocycles. The molecule has 3 heteroatoms. The van der Waals surface area contributed by atoms with Crippen LogP contribution >= 0.6 is 0 Å². The van der Waals surface area contributed by atoms with Crippen molar-refractivity contribution in [1.29, 1.82) is 0 Å². The molecule has 0 aliphatic carbocycles. The largest absolute Gasteiger partial charge is 0.403 e. The minimum Gasteiger partial charge on any atom is -0.403 e. The van der Waals surface area contributed by atoms with E-state index in [1.54, 1.807) is 6.20 Å². The maximum Gasteiger partial charge on any atom is 0.0145 e. The number of nitrogens with one attached hydrogen (secondary N) is 1. The lowest BCUT2D eigenvalue weighted by Gasteiger charge is -2.03. The summed E-state index contributed by atoms with van der Waals surface area (Å²) in [6.07, 6.45) is 12.2. The number of hydrogen-bond acceptors (Lipinski definition) is 3. The lowest BCUT2D eigenvalue weighted by molar-refractivity contribution is 0.742. The van der Waals surface area contributed by atoms with Crippen molar-refractivity contribution in [2.45, 2.75) is 39.5 Å². The highest BCUT2D eigenvalue weighted by atomic mass is 14.8. The third-order valence-electron chi connectivity index (χ3n) is 2.60. The fourth-order valence-corrected chi connectivity index (χ4v) is 1.57. The third kappa shape index (κ3) is 11.1. The van der Waals surface area contributed by atoms with Gasteiger partial charge in [0.1, 0.15) is 0 Å². The number of allylic oxidation sites excluding steroid dienone is 3. The second-order valence-corrected chi connectivity index (χ2v) is 4.29. The minimum absolute atomic E-state index is 0.648. The molecule has 0 aromatic rings. The van der Waals surface area contributed by atoms with Gasteiger partial charge in [-0.05, 0) is 39.5 Å². The summed E-state index contributed by atoms with van der Waals surface area (Å²) in [5, 5.41) is 3.13. The van der Waals surface area contributed by atoms with Gasteiger partial charge < -0.3 is 16.8 Å². The monoisotopic (exact) mass is 237 g/mol. The van der Waals surface area contributed by atoms with Gasteiger partial charge in [-0.1, -0.05) is 23.3 Å². The van der Waals surface area contributed by atoms with Crippen molar-refractivity contribution in [1.82, 2.24) is 5.32 Å². The molecule has 0 rings (SSSR count). The molecule has 0 bridgehead atoms. The lowest BCUT2D eigenvalue weighted by atomic mass is 10.1. The Kier molecular flexibility index (Phi) is 10.5. The van der Waals surface area contributed by atoms with E-state index in [-0.39, 0.29) is 0 Å². The molecule has 98 valence electrons. The molecule has 0 atom stereocenters. The first-order valence-corrected chi connectivity index (χ1v) is 6.32. The fraction of sp³-hybridized carbons (Fsp3) is 0.571. The Morgan fingerprint density at radius 2 is 1.82 bits per heavy atom. The smallest absolute Gasteiger partial charge is 0.0145 e. The molecule has 0 spiro atoms. The minimum atomic E-state index is 0.648. The highest BCUT2D eigenvalue weighted by molar-refractivity contribution is 5.04. The number of hydrogen-bond donors (Lipinski definition) is 3. The summed E-state index contributed by atoms with van der Waals surface area (Å²) in [5.74, 6) is 0. The van der Waals surface area contributed by atoms with Crippen LogP contribution in [-0.2, 0) is 0 Å². The van der Waals surface area contributed by atoms with Crippen LogP contribution in [0.3, 0.4) is 0 Å². The zero-order valence-electron chi connectivity index (χ0n) is 11.2. The van der Waals surface area contributed by atoms with Gasteiger partial charge in [0.25, 0.3) is 0 Å². The van der Waals surface area contributed by atoms with E-state index in [2.05, 4.69) is 31.3 Å². The predicted molar refractivity (Wildman–Crippen MR) is 76.4 cm³/mol. The Bertz CT molecular complexity index is 265. The van der Waals surface area contributed by atoms with Crippen LogP contribution in [0.2, 0.25) is 0 Å². The molecule has 0 saturated carbocycles.